The summed E-state index contributed by atoms with van der Waals surface area (Å²) in [6.45, 7) is 2.60. The van der Waals surface area contributed by atoms with Gasteiger partial charge < -0.3 is 0 Å². The number of carbonyl (C=O) groups is 1. The van der Waals surface area contributed by atoms with Crippen LogP contribution in [-0.4, -0.2) is 36.7 Å². The van der Waals surface area contributed by atoms with Crippen molar-refractivity contribution < 1.29 is 13.2 Å². The summed E-state index contributed by atoms with van der Waals surface area (Å²) in [6.07, 6.45) is 4.05. The van der Waals surface area contributed by atoms with Gasteiger partial charge in [-0.25, -0.2) is 13.4 Å². The summed E-state index contributed by atoms with van der Waals surface area (Å²) in [7, 11) is -3.56. The van der Waals surface area contributed by atoms with E-state index in [9.17, 15) is 13.2 Å². The molecular formula is C25H27N3O3S2. The number of aryl methyl sites for hydroxylation is 3. The van der Waals surface area contributed by atoms with E-state index in [1.165, 1.54) is 21.2 Å². The van der Waals surface area contributed by atoms with Crippen LogP contribution >= 0.6 is 11.3 Å². The topological polar surface area (TPSA) is 70.6 Å². The Morgan fingerprint density at radius 3 is 2.48 bits per heavy atom. The number of hydrogen-bond donors (Lipinski definition) is 0. The molecule has 3 aromatic rings. The molecule has 1 fully saturated rings. The third-order valence-corrected chi connectivity index (χ3v) is 9.38. The summed E-state index contributed by atoms with van der Waals surface area (Å²) in [5.74, 6) is -0.272. The Morgan fingerprint density at radius 2 is 1.79 bits per heavy atom. The summed E-state index contributed by atoms with van der Waals surface area (Å²) >= 11 is 1.44. The highest BCUT2D eigenvalue weighted by molar-refractivity contribution is 7.89. The van der Waals surface area contributed by atoms with Crippen LogP contribution in [0.5, 0.6) is 0 Å². The number of piperidine rings is 1. The summed E-state index contributed by atoms with van der Waals surface area (Å²) in [5.41, 5.74) is 4.07. The molecule has 0 atom stereocenters. The quantitative estimate of drug-likeness (QED) is 0.529. The van der Waals surface area contributed by atoms with Crippen molar-refractivity contribution in [2.24, 2.45) is 5.92 Å². The van der Waals surface area contributed by atoms with Crippen LogP contribution < -0.4 is 4.90 Å². The molecule has 0 saturated carbocycles. The van der Waals surface area contributed by atoms with Gasteiger partial charge in [0.05, 0.1) is 16.3 Å². The van der Waals surface area contributed by atoms with Crippen molar-refractivity contribution in [1.82, 2.24) is 9.29 Å². The first-order chi connectivity index (χ1) is 15.9. The van der Waals surface area contributed by atoms with Gasteiger partial charge in [-0.05, 0) is 74.4 Å². The van der Waals surface area contributed by atoms with E-state index in [1.807, 2.05) is 54.8 Å². The fourth-order valence-electron chi connectivity index (χ4n) is 4.74. The maximum atomic E-state index is 13.6. The first-order valence-corrected chi connectivity index (χ1v) is 13.7. The highest BCUT2D eigenvalue weighted by atomic mass is 32.2. The predicted octanol–water partition coefficient (Wildman–Crippen LogP) is 4.71. The number of anilines is 2. The minimum atomic E-state index is -3.56. The summed E-state index contributed by atoms with van der Waals surface area (Å²) in [4.78, 5) is 20.2. The lowest BCUT2D eigenvalue weighted by atomic mass is 9.96. The molecule has 2 aromatic carbocycles. The van der Waals surface area contributed by atoms with Gasteiger partial charge in [-0.3, -0.25) is 9.69 Å². The molecule has 5 rings (SSSR count). The van der Waals surface area contributed by atoms with Crippen molar-refractivity contribution in [1.29, 1.82) is 0 Å². The molecule has 1 aliphatic carbocycles. The average Bonchev–Trinajstić information content (AvgIpc) is 3.48. The van der Waals surface area contributed by atoms with Gasteiger partial charge in [0.15, 0.2) is 5.13 Å². The number of hydrogen-bond acceptors (Lipinski definition) is 5. The van der Waals surface area contributed by atoms with Crippen LogP contribution in [-0.2, 0) is 27.7 Å². The molecule has 1 amide bonds. The Morgan fingerprint density at radius 1 is 1.06 bits per heavy atom. The number of amides is 1. The van der Waals surface area contributed by atoms with Gasteiger partial charge in [0.1, 0.15) is 0 Å². The predicted molar refractivity (Wildman–Crippen MR) is 130 cm³/mol. The van der Waals surface area contributed by atoms with Crippen LogP contribution in [0.4, 0.5) is 10.8 Å². The van der Waals surface area contributed by atoms with Gasteiger partial charge in [0.25, 0.3) is 0 Å². The molecule has 0 bridgehead atoms. The zero-order chi connectivity index (χ0) is 23.0. The second kappa shape index (κ2) is 9.00. The lowest BCUT2D eigenvalue weighted by Gasteiger charge is -2.33. The van der Waals surface area contributed by atoms with Gasteiger partial charge in [0, 0.05) is 24.4 Å². The van der Waals surface area contributed by atoms with Crippen molar-refractivity contribution in [3.8, 4) is 0 Å². The minimum absolute atomic E-state index is 0.0230. The zero-order valence-electron chi connectivity index (χ0n) is 18.6. The van der Waals surface area contributed by atoms with Crippen LogP contribution in [0, 0.1) is 12.8 Å². The van der Waals surface area contributed by atoms with E-state index in [1.54, 1.807) is 11.0 Å². The van der Waals surface area contributed by atoms with Crippen molar-refractivity contribution in [2.75, 3.05) is 18.0 Å². The van der Waals surface area contributed by atoms with E-state index in [2.05, 4.69) is 4.98 Å². The van der Waals surface area contributed by atoms with Crippen LogP contribution in [0.1, 0.15) is 36.1 Å². The number of aromatic nitrogens is 1. The van der Waals surface area contributed by atoms with Gasteiger partial charge in [-0.15, -0.1) is 11.3 Å². The second-order valence-electron chi connectivity index (χ2n) is 8.74. The molecule has 172 valence electrons. The first kappa shape index (κ1) is 22.3. The molecule has 0 spiro atoms. The fraction of sp³-hybridized carbons (Fsp3) is 0.360. The molecule has 2 aliphatic rings. The van der Waals surface area contributed by atoms with E-state index in [0.29, 0.717) is 36.0 Å². The smallest absolute Gasteiger partial charge is 0.243 e. The van der Waals surface area contributed by atoms with Crippen molar-refractivity contribution in [2.45, 2.75) is 43.9 Å². The highest BCUT2D eigenvalue weighted by Crippen LogP contribution is 2.34. The molecule has 0 radical (unpaired) electrons. The first-order valence-electron chi connectivity index (χ1n) is 11.4. The Labute approximate surface area is 198 Å². The second-order valence-corrected chi connectivity index (χ2v) is 11.5. The molecule has 1 aliphatic heterocycles. The molecule has 1 aromatic heterocycles. The van der Waals surface area contributed by atoms with Gasteiger partial charge in [-0.2, -0.15) is 4.31 Å². The Kier molecular flexibility index (Phi) is 6.07. The van der Waals surface area contributed by atoms with Crippen LogP contribution in [0.2, 0.25) is 0 Å². The monoisotopic (exact) mass is 481 g/mol. The Bertz CT molecular complexity index is 1260. The van der Waals surface area contributed by atoms with E-state index in [4.69, 9.17) is 0 Å². The summed E-state index contributed by atoms with van der Waals surface area (Å²) in [5, 5.41) is 2.58. The number of fused-ring (bicyclic) bond motifs is 1. The molecule has 0 N–H and O–H groups in total. The lowest BCUT2D eigenvalue weighted by Crippen LogP contribution is -2.43. The minimum Gasteiger partial charge on any atom is -0.274 e. The van der Waals surface area contributed by atoms with Gasteiger partial charge in [-0.1, -0.05) is 24.3 Å². The van der Waals surface area contributed by atoms with E-state index < -0.39 is 10.0 Å². The van der Waals surface area contributed by atoms with Gasteiger partial charge in [0.2, 0.25) is 15.9 Å². The molecule has 2 heterocycles. The Hall–Kier alpha value is -2.55. The van der Waals surface area contributed by atoms with Crippen molar-refractivity contribution >= 4 is 38.1 Å². The number of para-hydroxylation sites is 1. The number of sulfonamides is 1. The number of carbonyl (C=O) groups excluding carboxylic acids is 1. The summed E-state index contributed by atoms with van der Waals surface area (Å²) in [6, 6.07) is 15.1. The van der Waals surface area contributed by atoms with E-state index >= 15 is 0 Å². The molecule has 0 unspecified atom stereocenters. The summed E-state index contributed by atoms with van der Waals surface area (Å²) < 4.78 is 28.1. The normalized spacial score (nSPS) is 17.1. The number of benzene rings is 2. The molecule has 33 heavy (non-hydrogen) atoms. The third-order valence-electron chi connectivity index (χ3n) is 6.54. The maximum absolute atomic E-state index is 13.6. The molecule has 6 nitrogen and oxygen atoms in total. The van der Waals surface area contributed by atoms with Crippen molar-refractivity contribution in [3.05, 3.63) is 70.7 Å². The molecular weight excluding hydrogens is 454 g/mol. The maximum Gasteiger partial charge on any atom is 0.243 e. The molecule has 8 heteroatoms. The SMILES string of the molecule is Cc1csc(N(C(=O)C2CCN(S(=O)(=O)c3ccc4c(c3)CCC4)CC2)c2ccccc2)n1. The number of thiazole rings is 1. The van der Waals surface area contributed by atoms with E-state index in [0.717, 1.165) is 36.2 Å². The van der Waals surface area contributed by atoms with Crippen LogP contribution in [0.25, 0.3) is 0 Å². The standard InChI is InChI=1S/C25H27N3O3S2/c1-18-17-32-25(26-18)28(22-8-3-2-4-9-22)24(29)20-12-14-27(15-13-20)33(30,31)23-11-10-19-6-5-7-21(19)16-23/h2-4,8-11,16-17,20H,5-7,12-15H2,1H3. The highest BCUT2D eigenvalue weighted by Gasteiger charge is 2.35. The fourth-order valence-corrected chi connectivity index (χ4v) is 7.08. The lowest BCUT2D eigenvalue weighted by molar-refractivity contribution is -0.122. The van der Waals surface area contributed by atoms with Crippen LogP contribution in [0.3, 0.4) is 0 Å². The molecule has 1 saturated heterocycles. The zero-order valence-corrected chi connectivity index (χ0v) is 20.2. The largest absolute Gasteiger partial charge is 0.274 e. The number of rotatable bonds is 5. The van der Waals surface area contributed by atoms with Crippen molar-refractivity contribution in [3.63, 3.8) is 0 Å². The number of nitrogens with zero attached hydrogens (tertiary/aromatic N) is 3. The third kappa shape index (κ3) is 4.35. The van der Waals surface area contributed by atoms with Gasteiger partial charge >= 0.3 is 0 Å². The average molecular weight is 482 g/mol. The van der Waals surface area contributed by atoms with E-state index in [-0.39, 0.29) is 11.8 Å². The van der Waals surface area contributed by atoms with Crippen LogP contribution in [0.15, 0.2) is 58.8 Å². The Balaban J connectivity index is 1.33.